The quantitative estimate of drug-likeness (QED) is 0.741. The highest BCUT2D eigenvalue weighted by Crippen LogP contribution is 2.15. The molecule has 2 atom stereocenters. The molecule has 0 aliphatic heterocycles. The SMILES string of the molecule is CCOC(=O)CC(O)CN[C@H](C)c1ccccc1F. The number of esters is 1. The lowest BCUT2D eigenvalue weighted by molar-refractivity contribution is -0.145. The second-order valence-electron chi connectivity index (χ2n) is 4.31. The fourth-order valence-electron chi connectivity index (χ4n) is 1.73. The molecule has 0 aliphatic carbocycles. The lowest BCUT2D eigenvalue weighted by Gasteiger charge is -2.17. The fourth-order valence-corrected chi connectivity index (χ4v) is 1.73. The Balaban J connectivity index is 2.40. The summed E-state index contributed by atoms with van der Waals surface area (Å²) in [4.78, 5) is 11.2. The fraction of sp³-hybridized carbons (Fsp3) is 0.500. The number of carbonyl (C=O) groups excluding carboxylic acids is 1. The van der Waals surface area contributed by atoms with Gasteiger partial charge in [-0.3, -0.25) is 4.79 Å². The van der Waals surface area contributed by atoms with Gasteiger partial charge in [0.15, 0.2) is 0 Å². The summed E-state index contributed by atoms with van der Waals surface area (Å²) >= 11 is 0. The molecule has 0 aliphatic rings. The molecule has 1 aromatic carbocycles. The standard InChI is InChI=1S/C14H20FNO3/c1-3-19-14(18)8-11(17)9-16-10(2)12-6-4-5-7-13(12)15/h4-7,10-11,16-17H,3,8-9H2,1-2H3/t10-,11?/m1/s1. The van der Waals surface area contributed by atoms with Crippen LogP contribution in [0.1, 0.15) is 31.9 Å². The molecule has 1 rings (SSSR count). The van der Waals surface area contributed by atoms with Gasteiger partial charge in [0.2, 0.25) is 0 Å². The lowest BCUT2D eigenvalue weighted by atomic mass is 10.1. The topological polar surface area (TPSA) is 58.6 Å². The smallest absolute Gasteiger partial charge is 0.308 e. The van der Waals surface area contributed by atoms with Crippen LogP contribution in [0, 0.1) is 5.82 Å². The van der Waals surface area contributed by atoms with Crippen LogP contribution >= 0.6 is 0 Å². The highest BCUT2D eigenvalue weighted by atomic mass is 19.1. The van der Waals surface area contributed by atoms with E-state index in [-0.39, 0.29) is 24.8 Å². The van der Waals surface area contributed by atoms with E-state index in [4.69, 9.17) is 4.74 Å². The van der Waals surface area contributed by atoms with Crippen LogP contribution in [-0.2, 0) is 9.53 Å². The lowest BCUT2D eigenvalue weighted by Crippen LogP contribution is -2.31. The Bertz CT molecular complexity index is 411. The van der Waals surface area contributed by atoms with Crippen LogP contribution in [-0.4, -0.2) is 30.3 Å². The molecule has 0 aromatic heterocycles. The number of halogens is 1. The Labute approximate surface area is 112 Å². The highest BCUT2D eigenvalue weighted by molar-refractivity contribution is 5.69. The van der Waals surface area contributed by atoms with Crippen molar-refractivity contribution in [3.63, 3.8) is 0 Å². The van der Waals surface area contributed by atoms with Gasteiger partial charge < -0.3 is 15.2 Å². The number of ether oxygens (including phenoxy) is 1. The molecular weight excluding hydrogens is 249 g/mol. The van der Waals surface area contributed by atoms with Crippen LogP contribution in [0.5, 0.6) is 0 Å². The zero-order valence-electron chi connectivity index (χ0n) is 11.2. The Hall–Kier alpha value is -1.46. The van der Waals surface area contributed by atoms with Crippen LogP contribution in [0.25, 0.3) is 0 Å². The number of carbonyl (C=O) groups is 1. The first-order valence-corrected chi connectivity index (χ1v) is 6.36. The summed E-state index contributed by atoms with van der Waals surface area (Å²) < 4.78 is 18.2. The predicted octanol–water partition coefficient (Wildman–Crippen LogP) is 1.79. The molecule has 0 saturated heterocycles. The molecule has 0 spiro atoms. The van der Waals surface area contributed by atoms with E-state index in [9.17, 15) is 14.3 Å². The molecule has 19 heavy (non-hydrogen) atoms. The third kappa shape index (κ3) is 5.36. The summed E-state index contributed by atoms with van der Waals surface area (Å²) in [6.45, 7) is 4.01. The average molecular weight is 269 g/mol. The first-order chi connectivity index (χ1) is 9.04. The number of benzene rings is 1. The number of rotatable bonds is 7. The molecule has 0 bridgehead atoms. The molecule has 0 fully saturated rings. The maximum Gasteiger partial charge on any atom is 0.308 e. The van der Waals surface area contributed by atoms with Gasteiger partial charge in [0.1, 0.15) is 5.82 Å². The summed E-state index contributed by atoms with van der Waals surface area (Å²) in [5.74, 6) is -0.724. The van der Waals surface area contributed by atoms with Gasteiger partial charge >= 0.3 is 5.97 Å². The van der Waals surface area contributed by atoms with E-state index in [1.165, 1.54) is 6.07 Å². The summed E-state index contributed by atoms with van der Waals surface area (Å²) in [6.07, 6.45) is -0.904. The number of aliphatic hydroxyl groups is 1. The molecule has 0 amide bonds. The van der Waals surface area contributed by atoms with Crippen molar-refractivity contribution in [2.75, 3.05) is 13.2 Å². The normalized spacial score (nSPS) is 13.9. The minimum atomic E-state index is -0.840. The maximum atomic E-state index is 13.5. The molecule has 0 radical (unpaired) electrons. The second kappa shape index (κ2) is 7.86. The minimum Gasteiger partial charge on any atom is -0.466 e. The summed E-state index contributed by atoms with van der Waals surface area (Å²) in [5, 5.41) is 12.6. The minimum absolute atomic E-state index is 0.0647. The van der Waals surface area contributed by atoms with Crippen molar-refractivity contribution >= 4 is 5.97 Å². The Morgan fingerprint density at radius 1 is 1.47 bits per heavy atom. The highest BCUT2D eigenvalue weighted by Gasteiger charge is 2.14. The Morgan fingerprint density at radius 3 is 2.79 bits per heavy atom. The number of nitrogens with one attached hydrogen (secondary N) is 1. The van der Waals surface area contributed by atoms with Gasteiger partial charge in [-0.05, 0) is 19.9 Å². The third-order valence-electron chi connectivity index (χ3n) is 2.74. The second-order valence-corrected chi connectivity index (χ2v) is 4.31. The van der Waals surface area contributed by atoms with E-state index >= 15 is 0 Å². The Morgan fingerprint density at radius 2 is 2.16 bits per heavy atom. The van der Waals surface area contributed by atoms with Crippen LogP contribution in [0.3, 0.4) is 0 Å². The number of hydrogen-bond acceptors (Lipinski definition) is 4. The molecule has 0 saturated carbocycles. The van der Waals surface area contributed by atoms with Crippen LogP contribution in [0.15, 0.2) is 24.3 Å². The van der Waals surface area contributed by atoms with E-state index in [1.807, 2.05) is 0 Å². The van der Waals surface area contributed by atoms with Crippen LogP contribution in [0.4, 0.5) is 4.39 Å². The molecule has 1 aromatic rings. The summed E-state index contributed by atoms with van der Waals surface area (Å²) in [7, 11) is 0. The van der Waals surface area contributed by atoms with Gasteiger partial charge in [-0.25, -0.2) is 4.39 Å². The van der Waals surface area contributed by atoms with Gasteiger partial charge in [0, 0.05) is 18.2 Å². The van der Waals surface area contributed by atoms with Crippen molar-refractivity contribution in [1.82, 2.24) is 5.32 Å². The number of hydrogen-bond donors (Lipinski definition) is 2. The zero-order valence-corrected chi connectivity index (χ0v) is 11.2. The summed E-state index contributed by atoms with van der Waals surface area (Å²) in [6, 6.07) is 6.22. The molecule has 2 N–H and O–H groups in total. The molecule has 106 valence electrons. The maximum absolute atomic E-state index is 13.5. The van der Waals surface area contributed by atoms with Crippen molar-refractivity contribution in [3.05, 3.63) is 35.6 Å². The van der Waals surface area contributed by atoms with Crippen LogP contribution in [0.2, 0.25) is 0 Å². The number of aliphatic hydroxyl groups excluding tert-OH is 1. The average Bonchev–Trinajstić information content (AvgIpc) is 2.36. The van der Waals surface area contributed by atoms with Crippen LogP contribution < -0.4 is 5.32 Å². The van der Waals surface area contributed by atoms with Crippen molar-refractivity contribution in [3.8, 4) is 0 Å². The largest absolute Gasteiger partial charge is 0.466 e. The zero-order chi connectivity index (χ0) is 14.3. The van der Waals surface area contributed by atoms with E-state index in [1.54, 1.807) is 32.0 Å². The first kappa shape index (κ1) is 15.6. The monoisotopic (exact) mass is 269 g/mol. The molecular formula is C14H20FNO3. The van der Waals surface area contributed by atoms with Gasteiger partial charge in [0.25, 0.3) is 0 Å². The van der Waals surface area contributed by atoms with Crippen molar-refractivity contribution in [2.45, 2.75) is 32.4 Å². The van der Waals surface area contributed by atoms with Crippen molar-refractivity contribution in [1.29, 1.82) is 0 Å². The van der Waals surface area contributed by atoms with E-state index in [0.29, 0.717) is 12.2 Å². The van der Waals surface area contributed by atoms with Gasteiger partial charge in [0.05, 0.1) is 19.1 Å². The van der Waals surface area contributed by atoms with E-state index in [0.717, 1.165) is 0 Å². The van der Waals surface area contributed by atoms with Crippen molar-refractivity contribution < 1.29 is 19.0 Å². The molecule has 5 heteroatoms. The first-order valence-electron chi connectivity index (χ1n) is 6.36. The Kier molecular flexibility index (Phi) is 6.45. The van der Waals surface area contributed by atoms with E-state index in [2.05, 4.69) is 5.32 Å². The summed E-state index contributed by atoms with van der Waals surface area (Å²) in [5.41, 5.74) is 0.533. The molecule has 0 heterocycles. The van der Waals surface area contributed by atoms with Crippen molar-refractivity contribution in [2.24, 2.45) is 0 Å². The van der Waals surface area contributed by atoms with Gasteiger partial charge in [-0.15, -0.1) is 0 Å². The molecule has 4 nitrogen and oxygen atoms in total. The van der Waals surface area contributed by atoms with Gasteiger partial charge in [-0.1, -0.05) is 18.2 Å². The third-order valence-corrected chi connectivity index (χ3v) is 2.74. The molecule has 1 unspecified atom stereocenters. The predicted molar refractivity (Wildman–Crippen MR) is 70.1 cm³/mol. The van der Waals surface area contributed by atoms with E-state index < -0.39 is 12.1 Å². The van der Waals surface area contributed by atoms with Gasteiger partial charge in [-0.2, -0.15) is 0 Å².